The van der Waals surface area contributed by atoms with Crippen molar-refractivity contribution in [1.29, 1.82) is 0 Å². The second-order valence-electron chi connectivity index (χ2n) is 5.51. The van der Waals surface area contributed by atoms with Crippen LogP contribution in [0.2, 0.25) is 0 Å². The van der Waals surface area contributed by atoms with E-state index >= 15 is 0 Å². The van der Waals surface area contributed by atoms with Crippen LogP contribution in [0.25, 0.3) is 0 Å². The molecule has 22 heavy (non-hydrogen) atoms. The number of para-hydroxylation sites is 1. The summed E-state index contributed by atoms with van der Waals surface area (Å²) < 4.78 is 1.46. The zero-order valence-corrected chi connectivity index (χ0v) is 13.5. The number of pyridine rings is 1. The number of fused-ring (bicyclic) bond motifs is 1. The van der Waals surface area contributed by atoms with Crippen LogP contribution in [0, 0.1) is 0 Å². The predicted molar refractivity (Wildman–Crippen MR) is 89.7 cm³/mol. The van der Waals surface area contributed by atoms with Crippen LogP contribution < -0.4 is 10.5 Å². The average molecular weight is 314 g/mol. The molecule has 1 aromatic carbocycles. The van der Waals surface area contributed by atoms with E-state index in [1.54, 1.807) is 36.0 Å². The third kappa shape index (κ3) is 2.81. The van der Waals surface area contributed by atoms with Gasteiger partial charge in [0.2, 0.25) is 0 Å². The average Bonchev–Trinajstić information content (AvgIpc) is 2.67. The molecule has 1 aromatic heterocycles. The van der Waals surface area contributed by atoms with Crippen LogP contribution in [0.4, 0.5) is 5.69 Å². The number of carbonyl (C=O) groups is 1. The molecule has 5 heteroatoms. The largest absolute Gasteiger partial charge is 0.319 e. The molecular weight excluding hydrogens is 296 g/mol. The Balaban J connectivity index is 2.01. The highest BCUT2D eigenvalue weighted by Crippen LogP contribution is 2.37. The molecule has 0 bridgehead atoms. The lowest BCUT2D eigenvalue weighted by molar-refractivity contribution is 0.0986. The van der Waals surface area contributed by atoms with Crippen LogP contribution in [0.5, 0.6) is 0 Å². The summed E-state index contributed by atoms with van der Waals surface area (Å²) >= 11 is 1.79. The van der Waals surface area contributed by atoms with Crippen molar-refractivity contribution in [2.45, 2.75) is 23.5 Å². The lowest BCUT2D eigenvalue weighted by Gasteiger charge is -2.22. The maximum Gasteiger partial charge on any atom is 0.258 e. The van der Waals surface area contributed by atoms with Crippen molar-refractivity contribution in [3.8, 4) is 0 Å². The van der Waals surface area contributed by atoms with E-state index in [1.165, 1.54) is 10.6 Å². The van der Waals surface area contributed by atoms with Crippen LogP contribution in [-0.2, 0) is 7.05 Å². The zero-order chi connectivity index (χ0) is 15.7. The molecule has 1 atom stereocenters. The van der Waals surface area contributed by atoms with Crippen molar-refractivity contribution in [3.05, 3.63) is 58.5 Å². The molecule has 3 rings (SSSR count). The van der Waals surface area contributed by atoms with Crippen LogP contribution in [0.15, 0.2) is 52.3 Å². The number of thioether (sulfide) groups is 1. The fraction of sp³-hybridized carbons (Fsp3) is 0.294. The molecule has 0 saturated carbocycles. The SMILES string of the molecule is CC1CCN(C(=O)c2ccn(C)c(=O)c2)c2ccccc2S1. The molecule has 1 unspecified atom stereocenters. The van der Waals surface area contributed by atoms with E-state index in [1.807, 2.05) is 24.3 Å². The second kappa shape index (κ2) is 6.01. The quantitative estimate of drug-likeness (QED) is 0.813. The number of aromatic nitrogens is 1. The monoisotopic (exact) mass is 314 g/mol. The number of hydrogen-bond acceptors (Lipinski definition) is 3. The highest BCUT2D eigenvalue weighted by Gasteiger charge is 2.25. The van der Waals surface area contributed by atoms with E-state index < -0.39 is 0 Å². The van der Waals surface area contributed by atoms with Crippen molar-refractivity contribution < 1.29 is 4.79 Å². The van der Waals surface area contributed by atoms with E-state index in [2.05, 4.69) is 6.92 Å². The van der Waals surface area contributed by atoms with Gasteiger partial charge in [0, 0.05) is 41.6 Å². The molecule has 1 amide bonds. The van der Waals surface area contributed by atoms with Crippen LogP contribution >= 0.6 is 11.8 Å². The van der Waals surface area contributed by atoms with Gasteiger partial charge in [0.15, 0.2) is 0 Å². The van der Waals surface area contributed by atoms with E-state index in [0.717, 1.165) is 17.0 Å². The number of aryl methyl sites for hydroxylation is 1. The first-order valence-corrected chi connectivity index (χ1v) is 8.18. The number of hydrogen-bond donors (Lipinski definition) is 0. The minimum absolute atomic E-state index is 0.111. The Morgan fingerprint density at radius 1 is 1.27 bits per heavy atom. The molecule has 0 radical (unpaired) electrons. The molecule has 1 aliphatic heterocycles. The first-order valence-electron chi connectivity index (χ1n) is 7.30. The normalized spacial score (nSPS) is 17.7. The van der Waals surface area contributed by atoms with Gasteiger partial charge in [-0.1, -0.05) is 19.1 Å². The summed E-state index contributed by atoms with van der Waals surface area (Å²) in [5, 5.41) is 0.461. The van der Waals surface area contributed by atoms with Gasteiger partial charge in [0.05, 0.1) is 5.69 Å². The van der Waals surface area contributed by atoms with E-state index in [-0.39, 0.29) is 11.5 Å². The summed E-state index contributed by atoms with van der Waals surface area (Å²) in [6, 6.07) is 11.1. The summed E-state index contributed by atoms with van der Waals surface area (Å²) in [5.74, 6) is -0.111. The van der Waals surface area contributed by atoms with Gasteiger partial charge >= 0.3 is 0 Å². The van der Waals surface area contributed by atoms with Gasteiger partial charge in [0.25, 0.3) is 11.5 Å². The van der Waals surface area contributed by atoms with Crippen molar-refractivity contribution >= 4 is 23.4 Å². The molecule has 0 saturated heterocycles. The minimum Gasteiger partial charge on any atom is -0.319 e. The molecule has 4 nitrogen and oxygen atoms in total. The summed E-state index contributed by atoms with van der Waals surface area (Å²) in [5.41, 5.74) is 1.21. The zero-order valence-electron chi connectivity index (χ0n) is 12.7. The van der Waals surface area contributed by atoms with E-state index in [4.69, 9.17) is 0 Å². The maximum absolute atomic E-state index is 12.9. The summed E-state index contributed by atoms with van der Waals surface area (Å²) in [6.07, 6.45) is 2.56. The lowest BCUT2D eigenvalue weighted by atomic mass is 10.2. The number of benzene rings is 1. The van der Waals surface area contributed by atoms with Gasteiger partial charge in [-0.3, -0.25) is 9.59 Å². The molecule has 0 spiro atoms. The fourth-order valence-corrected chi connectivity index (χ4v) is 3.65. The first-order chi connectivity index (χ1) is 10.6. The van der Waals surface area contributed by atoms with Crippen LogP contribution in [0.1, 0.15) is 23.7 Å². The van der Waals surface area contributed by atoms with Crippen molar-refractivity contribution in [1.82, 2.24) is 4.57 Å². The second-order valence-corrected chi connectivity index (χ2v) is 6.99. The summed E-state index contributed by atoms with van der Waals surface area (Å²) in [6.45, 7) is 2.84. The Bertz CT molecular complexity index is 769. The molecule has 2 aromatic rings. The minimum atomic E-state index is -0.170. The molecule has 2 heterocycles. The maximum atomic E-state index is 12.9. The number of rotatable bonds is 1. The number of anilines is 1. The van der Waals surface area contributed by atoms with Gasteiger partial charge < -0.3 is 9.47 Å². The highest BCUT2D eigenvalue weighted by molar-refractivity contribution is 8.00. The van der Waals surface area contributed by atoms with Gasteiger partial charge in [-0.2, -0.15) is 0 Å². The summed E-state index contributed by atoms with van der Waals surface area (Å²) in [7, 11) is 1.68. The van der Waals surface area contributed by atoms with Gasteiger partial charge in [-0.25, -0.2) is 0 Å². The molecule has 0 N–H and O–H groups in total. The fourth-order valence-electron chi connectivity index (χ4n) is 2.54. The number of nitrogens with zero attached hydrogens (tertiary/aromatic N) is 2. The molecule has 0 aliphatic carbocycles. The first kappa shape index (κ1) is 14.9. The number of carbonyl (C=O) groups excluding carboxylic acids is 1. The van der Waals surface area contributed by atoms with Gasteiger partial charge in [-0.05, 0) is 24.6 Å². The highest BCUT2D eigenvalue weighted by atomic mass is 32.2. The van der Waals surface area contributed by atoms with Gasteiger partial charge in [0.1, 0.15) is 0 Å². The molecular formula is C17H18N2O2S. The summed E-state index contributed by atoms with van der Waals surface area (Å²) in [4.78, 5) is 27.5. The number of amides is 1. The molecule has 0 fully saturated rings. The topological polar surface area (TPSA) is 42.3 Å². The van der Waals surface area contributed by atoms with E-state index in [9.17, 15) is 9.59 Å². The van der Waals surface area contributed by atoms with E-state index in [0.29, 0.717) is 17.4 Å². The Labute approximate surface area is 133 Å². The van der Waals surface area contributed by atoms with Gasteiger partial charge in [-0.15, -0.1) is 11.8 Å². The Morgan fingerprint density at radius 3 is 2.82 bits per heavy atom. The molecule has 1 aliphatic rings. The third-order valence-corrected chi connectivity index (χ3v) is 5.08. The van der Waals surface area contributed by atoms with Crippen molar-refractivity contribution in [3.63, 3.8) is 0 Å². The lowest BCUT2D eigenvalue weighted by Crippen LogP contribution is -2.33. The smallest absolute Gasteiger partial charge is 0.258 e. The van der Waals surface area contributed by atoms with Crippen LogP contribution in [0.3, 0.4) is 0 Å². The Morgan fingerprint density at radius 2 is 2.05 bits per heavy atom. The third-order valence-electron chi connectivity index (χ3n) is 3.84. The molecule has 114 valence electrons. The predicted octanol–water partition coefficient (Wildman–Crippen LogP) is 2.92. The Kier molecular flexibility index (Phi) is 4.07. The van der Waals surface area contributed by atoms with Crippen molar-refractivity contribution in [2.24, 2.45) is 7.05 Å². The van der Waals surface area contributed by atoms with Crippen molar-refractivity contribution in [2.75, 3.05) is 11.4 Å². The Hall–Kier alpha value is -2.01. The standard InChI is InChI=1S/C17H18N2O2S/c1-12-7-10-19(14-5-3-4-6-15(14)22-12)17(21)13-8-9-18(2)16(20)11-13/h3-6,8-9,11-12H,7,10H2,1-2H3. The van der Waals surface area contributed by atoms with Crippen LogP contribution in [-0.4, -0.2) is 22.3 Å².